The number of amides is 1. The zero-order valence-electron chi connectivity index (χ0n) is 16.1. The zero-order chi connectivity index (χ0) is 19.2. The fourth-order valence-corrected chi connectivity index (χ4v) is 1.92. The van der Waals surface area contributed by atoms with E-state index < -0.39 is 17.6 Å². The summed E-state index contributed by atoms with van der Waals surface area (Å²) in [4.78, 5) is 24.3. The van der Waals surface area contributed by atoms with Gasteiger partial charge in [-0.25, -0.2) is 4.79 Å². The van der Waals surface area contributed by atoms with Crippen LogP contribution in [0.25, 0.3) is 0 Å². The van der Waals surface area contributed by atoms with Gasteiger partial charge in [0.15, 0.2) is 17.6 Å². The van der Waals surface area contributed by atoms with Crippen LogP contribution in [0.15, 0.2) is 18.2 Å². The van der Waals surface area contributed by atoms with Crippen LogP contribution < -0.4 is 14.8 Å². The van der Waals surface area contributed by atoms with E-state index in [0.717, 1.165) is 0 Å². The first-order valence-corrected chi connectivity index (χ1v) is 8.37. The van der Waals surface area contributed by atoms with Crippen molar-refractivity contribution in [1.29, 1.82) is 0 Å². The molecular weight excluding hydrogens is 322 g/mol. The minimum Gasteiger partial charge on any atom is -0.493 e. The Kier molecular flexibility index (Phi) is 7.27. The second-order valence-electron chi connectivity index (χ2n) is 7.36. The number of esters is 1. The van der Waals surface area contributed by atoms with Crippen molar-refractivity contribution in [3.63, 3.8) is 0 Å². The average molecular weight is 351 g/mol. The van der Waals surface area contributed by atoms with Crippen molar-refractivity contribution in [1.82, 2.24) is 5.32 Å². The molecule has 0 fully saturated rings. The monoisotopic (exact) mass is 351 g/mol. The first-order valence-electron chi connectivity index (χ1n) is 8.37. The molecule has 0 aromatic heterocycles. The summed E-state index contributed by atoms with van der Waals surface area (Å²) >= 11 is 0. The number of ether oxygens (including phenoxy) is 3. The van der Waals surface area contributed by atoms with Gasteiger partial charge >= 0.3 is 5.97 Å². The fraction of sp³-hybridized carbons (Fsp3) is 0.579. The van der Waals surface area contributed by atoms with Crippen LogP contribution in [0.4, 0.5) is 0 Å². The quantitative estimate of drug-likeness (QED) is 0.764. The Bertz CT molecular complexity index is 604. The smallest absolute Gasteiger partial charge is 0.339 e. The van der Waals surface area contributed by atoms with E-state index in [1.165, 1.54) is 14.0 Å². The minimum atomic E-state index is -0.894. The van der Waals surface area contributed by atoms with Crippen LogP contribution in [-0.2, 0) is 9.53 Å². The minimum absolute atomic E-state index is 0.296. The van der Waals surface area contributed by atoms with Gasteiger partial charge in [-0.1, -0.05) is 13.8 Å². The lowest BCUT2D eigenvalue weighted by molar-refractivity contribution is -0.130. The third-order valence-corrected chi connectivity index (χ3v) is 3.12. The molecule has 0 aliphatic rings. The second kappa shape index (κ2) is 8.74. The average Bonchev–Trinajstić information content (AvgIpc) is 2.50. The van der Waals surface area contributed by atoms with Gasteiger partial charge in [0.1, 0.15) is 0 Å². The van der Waals surface area contributed by atoms with Crippen molar-refractivity contribution < 1.29 is 23.8 Å². The van der Waals surface area contributed by atoms with Gasteiger partial charge in [0.2, 0.25) is 0 Å². The molecule has 0 saturated heterocycles. The Balaban J connectivity index is 2.79. The van der Waals surface area contributed by atoms with Crippen LogP contribution in [0.2, 0.25) is 0 Å². The Labute approximate surface area is 149 Å². The van der Waals surface area contributed by atoms with Crippen molar-refractivity contribution >= 4 is 11.9 Å². The molecular formula is C19H29NO5. The highest BCUT2D eigenvalue weighted by Crippen LogP contribution is 2.29. The Morgan fingerprint density at radius 3 is 2.28 bits per heavy atom. The van der Waals surface area contributed by atoms with Gasteiger partial charge in [-0.3, -0.25) is 4.79 Å². The van der Waals surface area contributed by atoms with Crippen LogP contribution in [0.1, 0.15) is 51.9 Å². The molecule has 0 radical (unpaired) electrons. The van der Waals surface area contributed by atoms with Crippen molar-refractivity contribution in [2.75, 3.05) is 13.7 Å². The largest absolute Gasteiger partial charge is 0.493 e. The lowest BCUT2D eigenvalue weighted by atomic mass is 10.1. The highest BCUT2D eigenvalue weighted by Gasteiger charge is 2.23. The highest BCUT2D eigenvalue weighted by molar-refractivity contribution is 5.93. The maximum absolute atomic E-state index is 12.3. The molecule has 1 N–H and O–H groups in total. The van der Waals surface area contributed by atoms with E-state index >= 15 is 0 Å². The summed E-state index contributed by atoms with van der Waals surface area (Å²) in [7, 11) is 1.51. The molecule has 0 unspecified atom stereocenters. The number of rotatable bonds is 7. The predicted molar refractivity (Wildman–Crippen MR) is 96.1 cm³/mol. The summed E-state index contributed by atoms with van der Waals surface area (Å²) in [6, 6.07) is 4.80. The topological polar surface area (TPSA) is 73.9 Å². The van der Waals surface area contributed by atoms with E-state index in [9.17, 15) is 9.59 Å². The molecule has 0 bridgehead atoms. The third-order valence-electron chi connectivity index (χ3n) is 3.12. The lowest BCUT2D eigenvalue weighted by Gasteiger charge is -2.23. The molecule has 0 heterocycles. The normalized spacial score (nSPS) is 12.5. The molecule has 1 rings (SSSR count). The summed E-state index contributed by atoms with van der Waals surface area (Å²) in [6.07, 6.45) is -0.894. The number of hydrogen-bond donors (Lipinski definition) is 1. The van der Waals surface area contributed by atoms with E-state index in [1.807, 2.05) is 34.6 Å². The molecule has 1 aromatic rings. The molecule has 1 atom stereocenters. The van der Waals surface area contributed by atoms with E-state index in [-0.39, 0.29) is 5.91 Å². The summed E-state index contributed by atoms with van der Waals surface area (Å²) in [6.45, 7) is 11.8. The Hall–Kier alpha value is -2.24. The van der Waals surface area contributed by atoms with Crippen LogP contribution in [0.3, 0.4) is 0 Å². The van der Waals surface area contributed by atoms with Crippen molar-refractivity contribution in [2.45, 2.75) is 53.2 Å². The van der Waals surface area contributed by atoms with Gasteiger partial charge in [0.05, 0.1) is 19.3 Å². The Morgan fingerprint density at radius 1 is 1.12 bits per heavy atom. The molecule has 6 heteroatoms. The molecule has 6 nitrogen and oxygen atoms in total. The maximum atomic E-state index is 12.3. The van der Waals surface area contributed by atoms with E-state index in [0.29, 0.717) is 29.6 Å². The number of hydrogen-bond acceptors (Lipinski definition) is 5. The van der Waals surface area contributed by atoms with Crippen LogP contribution in [-0.4, -0.2) is 37.2 Å². The molecule has 0 spiro atoms. The first kappa shape index (κ1) is 20.8. The standard InChI is InChI=1S/C19H29NO5/c1-12(2)11-24-15-9-8-14(10-16(15)23-7)18(22)25-13(3)17(21)20-19(4,5)6/h8-10,12-13H,11H2,1-7H3,(H,20,21)/t13-/m1/s1. The van der Waals surface area contributed by atoms with Crippen LogP contribution in [0, 0.1) is 5.92 Å². The number of nitrogens with one attached hydrogen (secondary N) is 1. The van der Waals surface area contributed by atoms with Gasteiger partial charge in [-0.15, -0.1) is 0 Å². The van der Waals surface area contributed by atoms with Crippen molar-refractivity contribution in [3.8, 4) is 11.5 Å². The van der Waals surface area contributed by atoms with Crippen molar-refractivity contribution in [3.05, 3.63) is 23.8 Å². The summed E-state index contributed by atoms with van der Waals surface area (Å²) in [5.74, 6) is 0.444. The zero-order valence-corrected chi connectivity index (χ0v) is 16.1. The predicted octanol–water partition coefficient (Wildman–Crippen LogP) is 3.19. The van der Waals surface area contributed by atoms with Gasteiger partial charge in [0.25, 0.3) is 5.91 Å². The molecule has 0 saturated carbocycles. The van der Waals surface area contributed by atoms with Gasteiger partial charge < -0.3 is 19.5 Å². The Morgan fingerprint density at radius 2 is 1.76 bits per heavy atom. The SMILES string of the molecule is COc1cc(C(=O)O[C@H](C)C(=O)NC(C)(C)C)ccc1OCC(C)C. The fourth-order valence-electron chi connectivity index (χ4n) is 1.92. The summed E-state index contributed by atoms with van der Waals surface area (Å²) in [5.41, 5.74) is -0.0970. The number of benzene rings is 1. The number of carbonyl (C=O) groups is 2. The molecule has 140 valence electrons. The number of carbonyl (C=O) groups excluding carboxylic acids is 2. The van der Waals surface area contributed by atoms with Gasteiger partial charge in [-0.05, 0) is 51.8 Å². The molecule has 1 amide bonds. The maximum Gasteiger partial charge on any atom is 0.339 e. The van der Waals surface area contributed by atoms with Gasteiger partial charge in [0, 0.05) is 5.54 Å². The summed E-state index contributed by atoms with van der Waals surface area (Å²) < 4.78 is 16.2. The lowest BCUT2D eigenvalue weighted by Crippen LogP contribution is -2.46. The highest BCUT2D eigenvalue weighted by atomic mass is 16.5. The van der Waals surface area contributed by atoms with E-state index in [2.05, 4.69) is 5.32 Å². The first-order chi connectivity index (χ1) is 11.5. The molecule has 25 heavy (non-hydrogen) atoms. The van der Waals surface area contributed by atoms with Crippen molar-refractivity contribution in [2.24, 2.45) is 5.92 Å². The van der Waals surface area contributed by atoms with Crippen LogP contribution >= 0.6 is 0 Å². The molecule has 0 aliphatic carbocycles. The molecule has 0 aliphatic heterocycles. The summed E-state index contributed by atoms with van der Waals surface area (Å²) in [5, 5.41) is 2.77. The van der Waals surface area contributed by atoms with E-state index in [1.54, 1.807) is 18.2 Å². The second-order valence-corrected chi connectivity index (χ2v) is 7.36. The molecule has 1 aromatic carbocycles. The van der Waals surface area contributed by atoms with E-state index in [4.69, 9.17) is 14.2 Å². The van der Waals surface area contributed by atoms with Gasteiger partial charge in [-0.2, -0.15) is 0 Å². The third kappa shape index (κ3) is 7.03. The number of methoxy groups -OCH3 is 1. The van der Waals surface area contributed by atoms with Crippen LogP contribution in [0.5, 0.6) is 11.5 Å².